The summed E-state index contributed by atoms with van der Waals surface area (Å²) in [5.74, 6) is 0.734. The molecular formula is C20H33N. The van der Waals surface area contributed by atoms with Crippen molar-refractivity contribution in [3.05, 3.63) is 35.9 Å². The fourth-order valence-electron chi connectivity index (χ4n) is 4.02. The molecule has 1 nitrogen and oxygen atoms in total. The van der Waals surface area contributed by atoms with Gasteiger partial charge in [-0.3, -0.25) is 0 Å². The molecule has 0 radical (unpaired) electrons. The average Bonchev–Trinajstić information content (AvgIpc) is 2.47. The molecule has 0 aliphatic heterocycles. The average molecular weight is 287 g/mol. The second-order valence-corrected chi connectivity index (χ2v) is 7.59. The Morgan fingerprint density at radius 3 is 2.38 bits per heavy atom. The molecule has 0 bridgehead atoms. The van der Waals surface area contributed by atoms with Gasteiger partial charge < -0.3 is 5.32 Å². The number of hydrogen-bond donors (Lipinski definition) is 1. The lowest BCUT2D eigenvalue weighted by Gasteiger charge is -2.39. The zero-order valence-corrected chi connectivity index (χ0v) is 14.4. The van der Waals surface area contributed by atoms with E-state index in [1.807, 2.05) is 0 Å². The molecule has 1 saturated carbocycles. The van der Waals surface area contributed by atoms with Crippen LogP contribution in [-0.2, 0) is 0 Å². The van der Waals surface area contributed by atoms with Crippen LogP contribution in [0.15, 0.2) is 30.3 Å². The van der Waals surface area contributed by atoms with Crippen molar-refractivity contribution in [2.24, 2.45) is 11.3 Å². The minimum atomic E-state index is 0.505. The molecule has 0 amide bonds. The van der Waals surface area contributed by atoms with Crippen molar-refractivity contribution < 1.29 is 0 Å². The highest BCUT2D eigenvalue weighted by molar-refractivity contribution is 5.20. The largest absolute Gasteiger partial charge is 0.307 e. The first-order valence-corrected chi connectivity index (χ1v) is 8.86. The fourth-order valence-corrected chi connectivity index (χ4v) is 4.02. The van der Waals surface area contributed by atoms with E-state index in [4.69, 9.17) is 0 Å². The minimum absolute atomic E-state index is 0.505. The predicted molar refractivity (Wildman–Crippen MR) is 92.4 cm³/mol. The summed E-state index contributed by atoms with van der Waals surface area (Å²) in [6.07, 6.45) is 7.91. The summed E-state index contributed by atoms with van der Waals surface area (Å²) in [4.78, 5) is 0. The maximum atomic E-state index is 4.03. The molecule has 118 valence electrons. The zero-order valence-electron chi connectivity index (χ0n) is 14.4. The molecule has 1 aromatic rings. The highest BCUT2D eigenvalue weighted by Gasteiger charge is 2.31. The van der Waals surface area contributed by atoms with Crippen LogP contribution in [0.25, 0.3) is 0 Å². The normalized spacial score (nSPS) is 23.2. The number of rotatable bonds is 6. The lowest BCUT2D eigenvalue weighted by atomic mass is 9.74. The molecule has 2 unspecified atom stereocenters. The van der Waals surface area contributed by atoms with Gasteiger partial charge in [0.1, 0.15) is 0 Å². The van der Waals surface area contributed by atoms with Crippen LogP contribution in [0.1, 0.15) is 77.8 Å². The summed E-state index contributed by atoms with van der Waals surface area (Å²) in [6.45, 7) is 9.51. The molecule has 2 atom stereocenters. The van der Waals surface area contributed by atoms with Crippen molar-refractivity contribution in [3.63, 3.8) is 0 Å². The maximum absolute atomic E-state index is 4.03. The minimum Gasteiger partial charge on any atom is -0.307 e. The van der Waals surface area contributed by atoms with Crippen LogP contribution >= 0.6 is 0 Å². The van der Waals surface area contributed by atoms with E-state index >= 15 is 0 Å². The van der Waals surface area contributed by atoms with Gasteiger partial charge in [-0.2, -0.15) is 0 Å². The standard InChI is InChI=1S/C20H33N/c1-5-16(6-2)19(17-11-8-7-9-12-17)21-18-13-10-14-20(3,4)15-18/h7-9,11-12,16,18-19,21H,5-6,10,13-15H2,1-4H3. The van der Waals surface area contributed by atoms with Gasteiger partial charge in [0.2, 0.25) is 0 Å². The van der Waals surface area contributed by atoms with E-state index < -0.39 is 0 Å². The number of hydrogen-bond acceptors (Lipinski definition) is 1. The second-order valence-electron chi connectivity index (χ2n) is 7.59. The topological polar surface area (TPSA) is 12.0 Å². The van der Waals surface area contributed by atoms with Crippen LogP contribution in [0.2, 0.25) is 0 Å². The third-order valence-electron chi connectivity index (χ3n) is 5.30. The first-order chi connectivity index (χ1) is 10.1. The zero-order chi connectivity index (χ0) is 15.3. The van der Waals surface area contributed by atoms with E-state index in [9.17, 15) is 0 Å². The summed E-state index contributed by atoms with van der Waals surface area (Å²) in [5.41, 5.74) is 1.97. The molecular weight excluding hydrogens is 254 g/mol. The Balaban J connectivity index is 2.12. The van der Waals surface area contributed by atoms with Gasteiger partial charge in [0, 0.05) is 12.1 Å². The molecule has 1 fully saturated rings. The highest BCUT2D eigenvalue weighted by Crippen LogP contribution is 2.37. The molecule has 1 aliphatic carbocycles. The van der Waals surface area contributed by atoms with Crippen molar-refractivity contribution >= 4 is 0 Å². The third-order valence-corrected chi connectivity index (χ3v) is 5.30. The van der Waals surface area contributed by atoms with Crippen molar-refractivity contribution in [2.45, 2.75) is 78.3 Å². The summed E-state index contributed by atoms with van der Waals surface area (Å²) in [6, 6.07) is 12.3. The quantitative estimate of drug-likeness (QED) is 0.705. The summed E-state index contributed by atoms with van der Waals surface area (Å²) >= 11 is 0. The van der Waals surface area contributed by atoms with Gasteiger partial charge in [-0.25, -0.2) is 0 Å². The van der Waals surface area contributed by atoms with Gasteiger partial charge in [0.15, 0.2) is 0 Å². The molecule has 1 aliphatic rings. The Hall–Kier alpha value is -0.820. The monoisotopic (exact) mass is 287 g/mol. The molecule has 1 aromatic carbocycles. The van der Waals surface area contributed by atoms with Crippen LogP contribution in [0.4, 0.5) is 0 Å². The lowest BCUT2D eigenvalue weighted by Crippen LogP contribution is -2.41. The van der Waals surface area contributed by atoms with E-state index in [0.717, 1.165) is 5.92 Å². The van der Waals surface area contributed by atoms with Crippen molar-refractivity contribution in [1.82, 2.24) is 5.32 Å². The SMILES string of the molecule is CCC(CC)C(NC1CCCC(C)(C)C1)c1ccccc1. The molecule has 2 rings (SSSR count). The van der Waals surface area contributed by atoms with E-state index in [1.54, 1.807) is 0 Å². The smallest absolute Gasteiger partial charge is 0.0350 e. The van der Waals surface area contributed by atoms with Crippen molar-refractivity contribution in [2.75, 3.05) is 0 Å². The maximum Gasteiger partial charge on any atom is 0.0350 e. The molecule has 0 saturated heterocycles. The molecule has 0 aromatic heterocycles. The van der Waals surface area contributed by atoms with Gasteiger partial charge in [-0.1, -0.05) is 77.3 Å². The van der Waals surface area contributed by atoms with Crippen molar-refractivity contribution in [1.29, 1.82) is 0 Å². The fraction of sp³-hybridized carbons (Fsp3) is 0.700. The molecule has 0 spiro atoms. The molecule has 0 heterocycles. The Morgan fingerprint density at radius 2 is 1.81 bits per heavy atom. The second kappa shape index (κ2) is 7.45. The molecule has 21 heavy (non-hydrogen) atoms. The Kier molecular flexibility index (Phi) is 5.87. The number of benzene rings is 1. The Morgan fingerprint density at radius 1 is 1.14 bits per heavy atom. The van der Waals surface area contributed by atoms with E-state index in [0.29, 0.717) is 17.5 Å². The Bertz CT molecular complexity index is 405. The van der Waals surface area contributed by atoms with E-state index in [1.165, 1.54) is 44.1 Å². The first-order valence-electron chi connectivity index (χ1n) is 8.86. The predicted octanol–water partition coefficient (Wildman–Crippen LogP) is 5.72. The van der Waals surface area contributed by atoms with Gasteiger partial charge in [0.25, 0.3) is 0 Å². The number of nitrogens with one attached hydrogen (secondary N) is 1. The molecule has 1 heteroatoms. The summed E-state index contributed by atoms with van der Waals surface area (Å²) < 4.78 is 0. The van der Waals surface area contributed by atoms with Gasteiger partial charge in [-0.05, 0) is 36.2 Å². The van der Waals surface area contributed by atoms with Crippen LogP contribution in [0.3, 0.4) is 0 Å². The van der Waals surface area contributed by atoms with Crippen LogP contribution in [0, 0.1) is 11.3 Å². The van der Waals surface area contributed by atoms with Crippen molar-refractivity contribution in [3.8, 4) is 0 Å². The van der Waals surface area contributed by atoms with Crippen LogP contribution < -0.4 is 5.32 Å². The Labute approximate surface area is 131 Å². The van der Waals surface area contributed by atoms with E-state index in [2.05, 4.69) is 63.3 Å². The van der Waals surface area contributed by atoms with Crippen LogP contribution in [0.5, 0.6) is 0 Å². The van der Waals surface area contributed by atoms with Crippen LogP contribution in [-0.4, -0.2) is 6.04 Å². The lowest BCUT2D eigenvalue weighted by molar-refractivity contribution is 0.174. The summed E-state index contributed by atoms with van der Waals surface area (Å²) in [5, 5.41) is 4.03. The van der Waals surface area contributed by atoms with E-state index in [-0.39, 0.29) is 0 Å². The van der Waals surface area contributed by atoms with Gasteiger partial charge in [0.05, 0.1) is 0 Å². The summed E-state index contributed by atoms with van der Waals surface area (Å²) in [7, 11) is 0. The first kappa shape index (κ1) is 16.5. The highest BCUT2D eigenvalue weighted by atomic mass is 15.0. The van der Waals surface area contributed by atoms with Gasteiger partial charge in [-0.15, -0.1) is 0 Å². The third kappa shape index (κ3) is 4.57. The van der Waals surface area contributed by atoms with Gasteiger partial charge >= 0.3 is 0 Å². The molecule has 1 N–H and O–H groups in total.